The molecule has 19 heteroatoms. The third-order valence-electron chi connectivity index (χ3n) is 16.3. The normalized spacial score (nSPS) is 29.4. The van der Waals surface area contributed by atoms with Crippen LogP contribution in [0.5, 0.6) is 0 Å². The number of carbonyl (C=O) groups is 1. The minimum absolute atomic E-state index is 0.243. The lowest BCUT2D eigenvalue weighted by Gasteiger charge is -2.48. The van der Waals surface area contributed by atoms with Gasteiger partial charge in [0, 0.05) is 6.42 Å². The highest BCUT2D eigenvalue weighted by atomic mass is 16.8. The number of ether oxygens (including phenoxy) is 6. The topological polar surface area (TPSA) is 307 Å². The number of hydrogen-bond acceptors (Lipinski definition) is 18. The summed E-state index contributed by atoms with van der Waals surface area (Å²) >= 11 is 0. The summed E-state index contributed by atoms with van der Waals surface area (Å²) in [4.78, 5) is 13.3. The summed E-state index contributed by atoms with van der Waals surface area (Å²) in [5, 5.41) is 120. The number of aliphatic hydroxyl groups excluding tert-OH is 11. The molecule has 1 amide bonds. The maximum Gasteiger partial charge on any atom is 0.220 e. The molecule has 85 heavy (non-hydrogen) atoms. The van der Waals surface area contributed by atoms with Crippen LogP contribution in [0, 0.1) is 0 Å². The summed E-state index contributed by atoms with van der Waals surface area (Å²) in [6.07, 6.45) is 31.3. The number of carbonyl (C=O) groups excluding carboxylic acids is 1. The van der Waals surface area contributed by atoms with E-state index in [4.69, 9.17) is 28.4 Å². The van der Waals surface area contributed by atoms with Crippen molar-refractivity contribution >= 4 is 5.91 Å². The SMILES string of the molecule is CC/C=C\C/C=C\C/C=C\C/C=C\CCCCCCCCCCCCCCCCCCCCCCC(=O)NC(COC1OC(CO)C(OC2OC(CO)C(OC3OC(CO)C(O)C(O)C3O)C(O)C2O)C(O)C1O)C(O)/C=C/CCCCCCC. The average molecular weight is 1210 g/mol. The van der Waals surface area contributed by atoms with Gasteiger partial charge < -0.3 is 89.9 Å². The fourth-order valence-corrected chi connectivity index (χ4v) is 10.9. The Morgan fingerprint density at radius 1 is 0.435 bits per heavy atom. The summed E-state index contributed by atoms with van der Waals surface area (Å²) in [5.74, 6) is -0.280. The van der Waals surface area contributed by atoms with Crippen molar-refractivity contribution in [2.75, 3.05) is 26.4 Å². The van der Waals surface area contributed by atoms with Gasteiger partial charge in [0.1, 0.15) is 73.2 Å². The molecule has 0 radical (unpaired) electrons. The van der Waals surface area contributed by atoms with Gasteiger partial charge in [0.2, 0.25) is 5.91 Å². The van der Waals surface area contributed by atoms with E-state index in [1.165, 1.54) is 109 Å². The first kappa shape index (κ1) is 76.7. The van der Waals surface area contributed by atoms with E-state index in [0.29, 0.717) is 6.42 Å². The second-order valence-corrected chi connectivity index (χ2v) is 23.6. The molecule has 0 spiro atoms. The smallest absolute Gasteiger partial charge is 0.220 e. The minimum Gasteiger partial charge on any atom is -0.394 e. The van der Waals surface area contributed by atoms with E-state index in [1.54, 1.807) is 6.08 Å². The number of amides is 1. The van der Waals surface area contributed by atoms with E-state index in [0.717, 1.165) is 83.5 Å². The van der Waals surface area contributed by atoms with Crippen LogP contribution in [-0.4, -0.2) is 193 Å². The predicted molar refractivity (Wildman–Crippen MR) is 328 cm³/mol. The lowest BCUT2D eigenvalue weighted by Crippen LogP contribution is -2.66. The van der Waals surface area contributed by atoms with Crippen molar-refractivity contribution in [3.63, 3.8) is 0 Å². The number of rotatable bonds is 49. The summed E-state index contributed by atoms with van der Waals surface area (Å²) < 4.78 is 34.2. The third kappa shape index (κ3) is 31.2. The highest BCUT2D eigenvalue weighted by molar-refractivity contribution is 5.76. The molecule has 0 aliphatic carbocycles. The van der Waals surface area contributed by atoms with Gasteiger partial charge in [0.25, 0.3) is 0 Å². The highest BCUT2D eigenvalue weighted by Crippen LogP contribution is 2.33. The van der Waals surface area contributed by atoms with Crippen LogP contribution < -0.4 is 5.32 Å². The van der Waals surface area contributed by atoms with Crippen molar-refractivity contribution in [1.82, 2.24) is 5.32 Å². The van der Waals surface area contributed by atoms with Gasteiger partial charge in [0.15, 0.2) is 18.9 Å². The molecule has 17 unspecified atom stereocenters. The standard InChI is InChI=1S/C66H117NO18/c1-3-5-7-9-11-12-13-14-15-16-17-18-19-20-21-22-23-24-25-26-27-28-29-30-31-32-33-34-35-36-38-40-42-44-54(72)67-49(50(71)43-41-39-37-10-8-6-4-2)48-80-64-60(78)57(75)62(52(46-69)82-64)85-66-61(79)58(76)63(53(47-70)83-66)84-65-59(77)56(74)55(73)51(45-68)81-65/h5,7,11-12,14-15,17-18,41,43,49-53,55-66,68-71,73-79H,3-4,6,8-10,13,16,19-40,42,44-48H2,1-2H3,(H,67,72)/b7-5-,12-11-,15-14-,18-17-,43-41+. The molecule has 0 aromatic carbocycles. The second kappa shape index (κ2) is 48.4. The Labute approximate surface area is 509 Å². The second-order valence-electron chi connectivity index (χ2n) is 23.6. The maximum atomic E-state index is 13.3. The molecule has 19 nitrogen and oxygen atoms in total. The highest BCUT2D eigenvalue weighted by Gasteiger charge is 2.53. The van der Waals surface area contributed by atoms with Crippen LogP contribution in [0.4, 0.5) is 0 Å². The zero-order chi connectivity index (χ0) is 61.9. The zero-order valence-electron chi connectivity index (χ0n) is 51.8. The van der Waals surface area contributed by atoms with E-state index < -0.39 is 124 Å². The maximum absolute atomic E-state index is 13.3. The van der Waals surface area contributed by atoms with Gasteiger partial charge in [-0.2, -0.15) is 0 Å². The van der Waals surface area contributed by atoms with Crippen LogP contribution in [0.15, 0.2) is 60.8 Å². The van der Waals surface area contributed by atoms with E-state index in [-0.39, 0.29) is 18.9 Å². The average Bonchev–Trinajstić information content (AvgIpc) is 3.70. The lowest BCUT2D eigenvalue weighted by atomic mass is 9.96. The molecular weight excluding hydrogens is 1090 g/mol. The van der Waals surface area contributed by atoms with Crippen molar-refractivity contribution < 1.29 is 89.4 Å². The third-order valence-corrected chi connectivity index (χ3v) is 16.3. The Bertz CT molecular complexity index is 1780. The van der Waals surface area contributed by atoms with E-state index >= 15 is 0 Å². The van der Waals surface area contributed by atoms with Crippen molar-refractivity contribution in [2.45, 2.75) is 324 Å². The van der Waals surface area contributed by atoms with Crippen molar-refractivity contribution in [1.29, 1.82) is 0 Å². The largest absolute Gasteiger partial charge is 0.394 e. The summed E-state index contributed by atoms with van der Waals surface area (Å²) in [6, 6.07) is -0.970. The van der Waals surface area contributed by atoms with Crippen LogP contribution in [0.25, 0.3) is 0 Å². The van der Waals surface area contributed by atoms with Crippen molar-refractivity contribution in [3.05, 3.63) is 60.8 Å². The first-order valence-corrected chi connectivity index (χ1v) is 33.0. The van der Waals surface area contributed by atoms with Crippen molar-refractivity contribution in [3.8, 4) is 0 Å². The number of hydrogen-bond donors (Lipinski definition) is 12. The van der Waals surface area contributed by atoms with Crippen LogP contribution >= 0.6 is 0 Å². The summed E-state index contributed by atoms with van der Waals surface area (Å²) in [6.45, 7) is 1.54. The lowest BCUT2D eigenvalue weighted by molar-refractivity contribution is -0.379. The number of allylic oxidation sites excluding steroid dienone is 9. The Hall–Kier alpha value is -2.51. The molecule has 0 aromatic rings. The van der Waals surface area contributed by atoms with Gasteiger partial charge in [-0.25, -0.2) is 0 Å². The van der Waals surface area contributed by atoms with E-state index in [9.17, 15) is 61.0 Å². The van der Waals surface area contributed by atoms with Crippen LogP contribution in [0.3, 0.4) is 0 Å². The first-order chi connectivity index (χ1) is 41.3. The monoisotopic (exact) mass is 1210 g/mol. The summed E-state index contributed by atoms with van der Waals surface area (Å²) in [7, 11) is 0. The van der Waals surface area contributed by atoms with Crippen LogP contribution in [0.2, 0.25) is 0 Å². The molecule has 3 aliphatic rings. The molecule has 3 fully saturated rings. The van der Waals surface area contributed by atoms with E-state index in [1.807, 2.05) is 6.08 Å². The van der Waals surface area contributed by atoms with Gasteiger partial charge in [-0.3, -0.25) is 4.79 Å². The Morgan fingerprint density at radius 3 is 1.27 bits per heavy atom. The number of unbranched alkanes of at least 4 members (excludes halogenated alkanes) is 25. The summed E-state index contributed by atoms with van der Waals surface area (Å²) in [5.41, 5.74) is 0. The van der Waals surface area contributed by atoms with Gasteiger partial charge in [-0.1, -0.05) is 216 Å². The van der Waals surface area contributed by atoms with Crippen LogP contribution in [-0.2, 0) is 33.2 Å². The Balaban J connectivity index is 1.30. The Morgan fingerprint density at radius 2 is 0.812 bits per heavy atom. The molecule has 0 aromatic heterocycles. The fraction of sp³-hybridized carbons (Fsp3) is 0.833. The molecule has 3 aliphatic heterocycles. The quantitative estimate of drug-likeness (QED) is 0.0206. The zero-order valence-corrected chi connectivity index (χ0v) is 51.8. The van der Waals surface area contributed by atoms with E-state index in [2.05, 4.69) is 67.8 Å². The molecule has 3 rings (SSSR count). The Kier molecular flexibility index (Phi) is 43.7. The fourth-order valence-electron chi connectivity index (χ4n) is 10.9. The molecule has 12 N–H and O–H groups in total. The van der Waals surface area contributed by atoms with Gasteiger partial charge in [-0.05, 0) is 57.8 Å². The minimum atomic E-state index is -1.98. The molecule has 0 bridgehead atoms. The molecule has 3 saturated heterocycles. The van der Waals surface area contributed by atoms with Gasteiger partial charge >= 0.3 is 0 Å². The van der Waals surface area contributed by atoms with Gasteiger partial charge in [0.05, 0.1) is 38.6 Å². The first-order valence-electron chi connectivity index (χ1n) is 33.0. The van der Waals surface area contributed by atoms with Gasteiger partial charge in [-0.15, -0.1) is 0 Å². The molecule has 17 atom stereocenters. The van der Waals surface area contributed by atoms with Crippen molar-refractivity contribution in [2.24, 2.45) is 0 Å². The molecule has 3 heterocycles. The molecular formula is C66H117NO18. The van der Waals surface area contributed by atoms with Crippen LogP contribution in [0.1, 0.15) is 219 Å². The predicted octanol–water partition coefficient (Wildman–Crippen LogP) is 7.60. The number of aliphatic hydroxyl groups is 11. The molecule has 494 valence electrons. The number of nitrogens with one attached hydrogen (secondary N) is 1. The molecule has 0 saturated carbocycles.